The van der Waals surface area contributed by atoms with Crippen LogP contribution in [0, 0.1) is 11.3 Å². The average molecular weight is 297 g/mol. The van der Waals surface area contributed by atoms with Gasteiger partial charge in [-0.1, -0.05) is 31.3 Å². The topological polar surface area (TPSA) is 96.9 Å². The van der Waals surface area contributed by atoms with Crippen LogP contribution in [-0.2, 0) is 9.53 Å². The summed E-state index contributed by atoms with van der Waals surface area (Å²) >= 11 is 0. The van der Waals surface area contributed by atoms with E-state index in [9.17, 15) is 4.79 Å². The Balaban J connectivity index is 2.11. The number of nitrogens with one attached hydrogen (secondary N) is 1. The molecule has 0 aromatic carbocycles. The quantitative estimate of drug-likeness (QED) is 0.242. The predicted octanol–water partition coefficient (Wildman–Crippen LogP) is 1.61. The summed E-state index contributed by atoms with van der Waals surface area (Å²) in [5.41, 5.74) is 4.92. The van der Waals surface area contributed by atoms with E-state index in [4.69, 9.17) is 15.7 Å². The number of ether oxygens (including phenoxy) is 1. The molecule has 6 heteroatoms. The van der Waals surface area contributed by atoms with Gasteiger partial charge in [-0.2, -0.15) is 0 Å². The van der Waals surface area contributed by atoms with Crippen LogP contribution >= 0.6 is 0 Å². The van der Waals surface area contributed by atoms with Crippen LogP contribution in [0.25, 0.3) is 0 Å². The maximum Gasteiger partial charge on any atom is 0.234 e. The number of hydrogen-bond acceptors (Lipinski definition) is 4. The summed E-state index contributed by atoms with van der Waals surface area (Å²) in [6.07, 6.45) is 6.70. The van der Waals surface area contributed by atoms with Crippen LogP contribution < -0.4 is 11.1 Å². The lowest BCUT2D eigenvalue weighted by atomic mass is 9.77. The highest BCUT2D eigenvalue weighted by Gasteiger charge is 2.45. The van der Waals surface area contributed by atoms with Crippen LogP contribution in [0.4, 0.5) is 0 Å². The van der Waals surface area contributed by atoms with Gasteiger partial charge in [0.05, 0.1) is 0 Å². The van der Waals surface area contributed by atoms with E-state index in [0.29, 0.717) is 32.0 Å². The Bertz CT molecular complexity index is 392. The largest absolute Gasteiger partial charge is 0.409 e. The van der Waals surface area contributed by atoms with Crippen LogP contribution in [0.3, 0.4) is 0 Å². The van der Waals surface area contributed by atoms with E-state index in [1.807, 2.05) is 0 Å². The molecule has 1 amide bonds. The van der Waals surface area contributed by atoms with Gasteiger partial charge in [0.1, 0.15) is 5.41 Å². The molecule has 0 spiro atoms. The van der Waals surface area contributed by atoms with Gasteiger partial charge in [0, 0.05) is 19.3 Å². The molecule has 1 heterocycles. The highest BCUT2D eigenvalue weighted by Crippen LogP contribution is 2.32. The minimum Gasteiger partial charge on any atom is -0.409 e. The second-order valence-corrected chi connectivity index (χ2v) is 6.37. The molecular formula is C15H27N3O3. The van der Waals surface area contributed by atoms with Gasteiger partial charge in [0.25, 0.3) is 0 Å². The lowest BCUT2D eigenvalue weighted by Gasteiger charge is -2.36. The van der Waals surface area contributed by atoms with Gasteiger partial charge >= 0.3 is 0 Å². The third kappa shape index (κ3) is 3.48. The summed E-state index contributed by atoms with van der Waals surface area (Å²) in [6.45, 7) is 3.12. The second-order valence-electron chi connectivity index (χ2n) is 6.37. The molecule has 2 unspecified atom stereocenters. The van der Waals surface area contributed by atoms with E-state index in [0.717, 1.165) is 19.3 Å². The van der Waals surface area contributed by atoms with Crippen molar-refractivity contribution in [3.63, 3.8) is 0 Å². The Hall–Kier alpha value is -1.30. The van der Waals surface area contributed by atoms with Crippen molar-refractivity contribution >= 4 is 11.7 Å². The number of rotatable bonds is 3. The fourth-order valence-electron chi connectivity index (χ4n) is 3.43. The van der Waals surface area contributed by atoms with E-state index in [-0.39, 0.29) is 17.8 Å². The van der Waals surface area contributed by atoms with E-state index >= 15 is 0 Å². The number of carbonyl (C=O) groups excluding carboxylic acids is 1. The number of amidine groups is 1. The number of amides is 1. The first-order valence-electron chi connectivity index (χ1n) is 7.97. The molecule has 0 aromatic heterocycles. The van der Waals surface area contributed by atoms with Crippen molar-refractivity contribution < 1.29 is 14.7 Å². The summed E-state index contributed by atoms with van der Waals surface area (Å²) in [4.78, 5) is 12.8. The fraction of sp³-hybridized carbons (Fsp3) is 0.867. The molecule has 1 aliphatic heterocycles. The van der Waals surface area contributed by atoms with Crippen LogP contribution in [-0.4, -0.2) is 36.2 Å². The molecule has 2 aliphatic rings. The van der Waals surface area contributed by atoms with Crippen LogP contribution in [0.2, 0.25) is 0 Å². The molecule has 6 nitrogen and oxygen atoms in total. The van der Waals surface area contributed by atoms with E-state index in [1.165, 1.54) is 12.8 Å². The maximum absolute atomic E-state index is 12.8. The number of nitrogens with two attached hydrogens (primary N) is 1. The zero-order valence-electron chi connectivity index (χ0n) is 12.8. The molecular weight excluding hydrogens is 270 g/mol. The number of oxime groups is 1. The molecule has 0 bridgehead atoms. The molecule has 120 valence electrons. The Kier molecular flexibility index (Phi) is 5.45. The standard InChI is InChI=1S/C15H27N3O3/c1-11-5-3-2-4-6-12(11)17-14(19)15(13(16)18-20)7-9-21-10-8-15/h11-12,20H,2-10H2,1H3,(H2,16,18)(H,17,19). The molecule has 2 atom stereocenters. The lowest BCUT2D eigenvalue weighted by Crippen LogP contribution is -2.55. The predicted molar refractivity (Wildman–Crippen MR) is 80.1 cm³/mol. The van der Waals surface area contributed by atoms with E-state index in [1.54, 1.807) is 0 Å². The van der Waals surface area contributed by atoms with Crippen molar-refractivity contribution in [1.29, 1.82) is 0 Å². The first kappa shape index (κ1) is 16.1. The van der Waals surface area contributed by atoms with Gasteiger partial charge in [-0.25, -0.2) is 0 Å². The Labute approximate surface area is 126 Å². The van der Waals surface area contributed by atoms with Gasteiger partial charge in [0.2, 0.25) is 5.91 Å². The zero-order chi connectivity index (χ0) is 15.3. The SMILES string of the molecule is CC1CCCCCC1NC(=O)C1(C(N)=NO)CCOCC1. The number of hydrogen-bond donors (Lipinski definition) is 3. The third-order valence-corrected chi connectivity index (χ3v) is 5.06. The smallest absolute Gasteiger partial charge is 0.234 e. The van der Waals surface area contributed by atoms with Crippen molar-refractivity contribution in [1.82, 2.24) is 5.32 Å². The van der Waals surface area contributed by atoms with E-state index < -0.39 is 5.41 Å². The highest BCUT2D eigenvalue weighted by atomic mass is 16.5. The minimum atomic E-state index is -0.918. The third-order valence-electron chi connectivity index (χ3n) is 5.06. The first-order valence-corrected chi connectivity index (χ1v) is 7.97. The minimum absolute atomic E-state index is 0.00424. The number of nitrogens with zero attached hydrogens (tertiary/aromatic N) is 1. The molecule has 1 saturated heterocycles. The summed E-state index contributed by atoms with van der Waals surface area (Å²) < 4.78 is 5.33. The van der Waals surface area contributed by atoms with Gasteiger partial charge in [-0.15, -0.1) is 0 Å². The summed E-state index contributed by atoms with van der Waals surface area (Å²) in [5.74, 6) is 0.366. The van der Waals surface area contributed by atoms with Crippen molar-refractivity contribution in [2.45, 2.75) is 57.9 Å². The van der Waals surface area contributed by atoms with Crippen molar-refractivity contribution in [2.24, 2.45) is 22.2 Å². The highest BCUT2D eigenvalue weighted by molar-refractivity contribution is 6.06. The molecule has 2 rings (SSSR count). The fourth-order valence-corrected chi connectivity index (χ4v) is 3.43. The lowest BCUT2D eigenvalue weighted by molar-refractivity contribution is -0.132. The molecule has 0 radical (unpaired) electrons. The molecule has 21 heavy (non-hydrogen) atoms. The van der Waals surface area contributed by atoms with Crippen molar-refractivity contribution in [2.75, 3.05) is 13.2 Å². The van der Waals surface area contributed by atoms with Gasteiger partial charge in [-0.3, -0.25) is 4.79 Å². The zero-order valence-corrected chi connectivity index (χ0v) is 12.8. The monoisotopic (exact) mass is 297 g/mol. The van der Waals surface area contributed by atoms with Crippen molar-refractivity contribution in [3.8, 4) is 0 Å². The van der Waals surface area contributed by atoms with Gasteiger partial charge in [0.15, 0.2) is 5.84 Å². The molecule has 1 saturated carbocycles. The Morgan fingerprint density at radius 1 is 1.29 bits per heavy atom. The molecule has 0 aromatic rings. The van der Waals surface area contributed by atoms with E-state index in [2.05, 4.69) is 17.4 Å². The summed E-state index contributed by atoms with van der Waals surface area (Å²) in [5, 5.41) is 15.3. The van der Waals surface area contributed by atoms with Crippen LogP contribution in [0.1, 0.15) is 51.9 Å². The molecule has 4 N–H and O–H groups in total. The second kappa shape index (κ2) is 7.11. The van der Waals surface area contributed by atoms with Gasteiger partial charge < -0.3 is 21.0 Å². The number of carbonyl (C=O) groups is 1. The summed E-state index contributed by atoms with van der Waals surface area (Å²) in [7, 11) is 0. The van der Waals surface area contributed by atoms with Crippen molar-refractivity contribution in [3.05, 3.63) is 0 Å². The molecule has 2 fully saturated rings. The Morgan fingerprint density at radius 3 is 2.62 bits per heavy atom. The van der Waals surface area contributed by atoms with Crippen LogP contribution in [0.15, 0.2) is 5.16 Å². The van der Waals surface area contributed by atoms with Gasteiger partial charge in [-0.05, 0) is 31.6 Å². The first-order chi connectivity index (χ1) is 10.1. The summed E-state index contributed by atoms with van der Waals surface area (Å²) in [6, 6.07) is 0.186. The normalized spacial score (nSPS) is 30.4. The molecule has 1 aliphatic carbocycles. The van der Waals surface area contributed by atoms with Crippen LogP contribution in [0.5, 0.6) is 0 Å². The Morgan fingerprint density at radius 2 is 1.95 bits per heavy atom. The maximum atomic E-state index is 12.8. The average Bonchev–Trinajstić information content (AvgIpc) is 2.72.